The summed E-state index contributed by atoms with van der Waals surface area (Å²) in [4.78, 5) is 12.3. The van der Waals surface area contributed by atoms with E-state index in [0.717, 1.165) is 23.6 Å². The third-order valence-corrected chi connectivity index (χ3v) is 3.80. The smallest absolute Gasteiger partial charge is 0.128 e. The fourth-order valence-corrected chi connectivity index (χ4v) is 2.48. The first-order valence-corrected chi connectivity index (χ1v) is 6.72. The highest BCUT2D eigenvalue weighted by Crippen LogP contribution is 2.18. The molecule has 18 heavy (non-hydrogen) atoms. The van der Waals surface area contributed by atoms with Gasteiger partial charge >= 0.3 is 0 Å². The summed E-state index contributed by atoms with van der Waals surface area (Å²) in [7, 11) is 2.00. The molecule has 0 atom stereocenters. The van der Waals surface area contributed by atoms with Gasteiger partial charge in [-0.3, -0.25) is 0 Å². The average Bonchev–Trinajstić information content (AvgIpc) is 2.75. The van der Waals surface area contributed by atoms with Gasteiger partial charge in [0, 0.05) is 23.7 Å². The summed E-state index contributed by atoms with van der Waals surface area (Å²) in [5.74, 6) is 0.891. The Labute approximate surface area is 115 Å². The van der Waals surface area contributed by atoms with Gasteiger partial charge in [-0.25, -0.2) is 9.97 Å². The van der Waals surface area contributed by atoms with Gasteiger partial charge in [0.15, 0.2) is 0 Å². The molecule has 0 aliphatic carbocycles. The van der Waals surface area contributed by atoms with Crippen LogP contribution in [-0.2, 0) is 6.54 Å². The molecular formula is C12H14N4S2. The molecule has 2 aromatic heterocycles. The second-order valence-corrected chi connectivity index (χ2v) is 5.37. The number of anilines is 1. The highest BCUT2D eigenvalue weighted by atomic mass is 32.1. The molecule has 0 saturated carbocycles. The lowest BCUT2D eigenvalue weighted by molar-refractivity contribution is 0.901. The van der Waals surface area contributed by atoms with Gasteiger partial charge in [-0.2, -0.15) is 0 Å². The predicted molar refractivity (Wildman–Crippen MR) is 79.1 cm³/mol. The van der Waals surface area contributed by atoms with Crippen LogP contribution in [0.5, 0.6) is 0 Å². The third-order valence-electron chi connectivity index (χ3n) is 2.65. The molecule has 0 bridgehead atoms. The van der Waals surface area contributed by atoms with Gasteiger partial charge in [-0.1, -0.05) is 12.2 Å². The van der Waals surface area contributed by atoms with Crippen molar-refractivity contribution in [2.45, 2.75) is 13.5 Å². The summed E-state index contributed by atoms with van der Waals surface area (Å²) < 4.78 is 0. The summed E-state index contributed by atoms with van der Waals surface area (Å²) in [6.07, 6.45) is 1.70. The first-order valence-electron chi connectivity index (χ1n) is 5.44. The number of nitrogens with two attached hydrogens (primary N) is 1. The lowest BCUT2D eigenvalue weighted by atomic mass is 10.3. The molecule has 0 fully saturated rings. The van der Waals surface area contributed by atoms with Gasteiger partial charge in [0.25, 0.3) is 0 Å². The number of thiazole rings is 1. The second-order valence-electron chi connectivity index (χ2n) is 3.99. The zero-order valence-electron chi connectivity index (χ0n) is 10.3. The Balaban J connectivity index is 2.12. The van der Waals surface area contributed by atoms with Crippen LogP contribution in [0.4, 0.5) is 5.82 Å². The molecule has 94 valence electrons. The molecule has 0 aliphatic heterocycles. The number of thiocarbonyl (C=S) groups is 1. The van der Waals surface area contributed by atoms with Crippen LogP contribution in [0.2, 0.25) is 0 Å². The maximum atomic E-state index is 5.54. The number of hydrogen-bond donors (Lipinski definition) is 1. The largest absolute Gasteiger partial charge is 0.389 e. The van der Waals surface area contributed by atoms with Gasteiger partial charge in [-0.05, 0) is 19.1 Å². The monoisotopic (exact) mass is 278 g/mol. The minimum Gasteiger partial charge on any atom is -0.389 e. The summed E-state index contributed by atoms with van der Waals surface area (Å²) in [5.41, 5.74) is 9.27. The van der Waals surface area contributed by atoms with Gasteiger partial charge < -0.3 is 10.6 Å². The minimum atomic E-state index is 0.370. The Morgan fingerprint density at radius 3 is 2.72 bits per heavy atom. The van der Waals surface area contributed by atoms with Crippen molar-refractivity contribution in [3.63, 3.8) is 0 Å². The minimum absolute atomic E-state index is 0.370. The van der Waals surface area contributed by atoms with E-state index in [0.29, 0.717) is 4.99 Å². The van der Waals surface area contributed by atoms with E-state index in [1.165, 1.54) is 4.88 Å². The lowest BCUT2D eigenvalue weighted by Gasteiger charge is -2.17. The molecule has 2 aromatic rings. The van der Waals surface area contributed by atoms with Crippen molar-refractivity contribution in [1.82, 2.24) is 9.97 Å². The highest BCUT2D eigenvalue weighted by molar-refractivity contribution is 7.80. The van der Waals surface area contributed by atoms with E-state index in [1.54, 1.807) is 17.5 Å². The Bertz CT molecular complexity index is 547. The van der Waals surface area contributed by atoms with Crippen molar-refractivity contribution in [3.05, 3.63) is 40.0 Å². The van der Waals surface area contributed by atoms with Crippen molar-refractivity contribution in [2.75, 3.05) is 11.9 Å². The normalized spacial score (nSPS) is 10.3. The standard InChI is InChI=1S/C12H14N4S2/c1-8-10(18-7-15-8)6-16(2)11-4-3-9(5-14-11)12(13)17/h3-5,7H,6H2,1-2H3,(H2,13,17). The Kier molecular flexibility index (Phi) is 3.88. The number of hydrogen-bond acceptors (Lipinski definition) is 5. The van der Waals surface area contributed by atoms with Crippen LogP contribution in [0.1, 0.15) is 16.1 Å². The van der Waals surface area contributed by atoms with Gasteiger partial charge in [0.2, 0.25) is 0 Å². The van der Waals surface area contributed by atoms with Crippen LogP contribution < -0.4 is 10.6 Å². The molecule has 0 unspecified atom stereocenters. The zero-order valence-corrected chi connectivity index (χ0v) is 11.9. The predicted octanol–water partition coefficient (Wildman–Crippen LogP) is 2.12. The zero-order chi connectivity index (χ0) is 13.1. The molecule has 4 nitrogen and oxygen atoms in total. The fourth-order valence-electron chi connectivity index (χ4n) is 1.53. The Morgan fingerprint density at radius 1 is 1.44 bits per heavy atom. The first kappa shape index (κ1) is 12.9. The van der Waals surface area contributed by atoms with Crippen LogP contribution in [0, 0.1) is 6.92 Å². The van der Waals surface area contributed by atoms with Crippen LogP contribution in [-0.4, -0.2) is 22.0 Å². The van der Waals surface area contributed by atoms with Crippen LogP contribution in [0.3, 0.4) is 0 Å². The third kappa shape index (κ3) is 2.83. The number of rotatable bonds is 4. The van der Waals surface area contributed by atoms with Crippen LogP contribution in [0.15, 0.2) is 23.8 Å². The molecule has 2 rings (SSSR count). The van der Waals surface area contributed by atoms with E-state index in [1.807, 2.05) is 31.6 Å². The Hall–Kier alpha value is -1.53. The number of nitrogens with zero attached hydrogens (tertiary/aromatic N) is 3. The van der Waals surface area contributed by atoms with E-state index in [9.17, 15) is 0 Å². The quantitative estimate of drug-likeness (QED) is 0.868. The van der Waals surface area contributed by atoms with Gasteiger partial charge in [0.05, 0.1) is 17.7 Å². The molecule has 2 heterocycles. The molecule has 0 aromatic carbocycles. The summed E-state index contributed by atoms with van der Waals surface area (Å²) in [5, 5.41) is 0. The van der Waals surface area contributed by atoms with E-state index >= 15 is 0 Å². The van der Waals surface area contributed by atoms with Gasteiger partial charge in [-0.15, -0.1) is 11.3 Å². The maximum absolute atomic E-state index is 5.54. The van der Waals surface area contributed by atoms with E-state index in [2.05, 4.69) is 14.9 Å². The van der Waals surface area contributed by atoms with Crippen molar-refractivity contribution < 1.29 is 0 Å². The molecule has 6 heteroatoms. The molecule has 0 radical (unpaired) electrons. The van der Waals surface area contributed by atoms with Crippen molar-refractivity contribution in [3.8, 4) is 0 Å². The molecule has 0 spiro atoms. The van der Waals surface area contributed by atoms with E-state index < -0.39 is 0 Å². The molecule has 0 saturated heterocycles. The van der Waals surface area contributed by atoms with E-state index in [4.69, 9.17) is 18.0 Å². The molecule has 2 N–H and O–H groups in total. The van der Waals surface area contributed by atoms with Crippen molar-refractivity contribution in [1.29, 1.82) is 0 Å². The fraction of sp³-hybridized carbons (Fsp3) is 0.250. The van der Waals surface area contributed by atoms with Crippen molar-refractivity contribution in [2.24, 2.45) is 5.73 Å². The number of aromatic nitrogens is 2. The van der Waals surface area contributed by atoms with E-state index in [-0.39, 0.29) is 0 Å². The lowest BCUT2D eigenvalue weighted by Crippen LogP contribution is -2.18. The number of aryl methyl sites for hydroxylation is 1. The summed E-state index contributed by atoms with van der Waals surface area (Å²) in [6, 6.07) is 3.81. The highest BCUT2D eigenvalue weighted by Gasteiger charge is 2.08. The SMILES string of the molecule is Cc1ncsc1CN(C)c1ccc(C(N)=S)cn1. The molecule has 0 amide bonds. The van der Waals surface area contributed by atoms with Gasteiger partial charge in [0.1, 0.15) is 10.8 Å². The summed E-state index contributed by atoms with van der Waals surface area (Å²) >= 11 is 6.56. The maximum Gasteiger partial charge on any atom is 0.128 e. The second kappa shape index (κ2) is 5.41. The van der Waals surface area contributed by atoms with Crippen LogP contribution in [0.25, 0.3) is 0 Å². The topological polar surface area (TPSA) is 55.0 Å². The summed E-state index contributed by atoms with van der Waals surface area (Å²) in [6.45, 7) is 2.82. The van der Waals surface area contributed by atoms with Crippen molar-refractivity contribution >= 4 is 34.4 Å². The number of pyridine rings is 1. The average molecular weight is 278 g/mol. The molecular weight excluding hydrogens is 264 g/mol. The van der Waals surface area contributed by atoms with Crippen LogP contribution >= 0.6 is 23.6 Å². The first-order chi connectivity index (χ1) is 8.58. The molecule has 0 aliphatic rings. The Morgan fingerprint density at radius 2 is 2.22 bits per heavy atom.